The summed E-state index contributed by atoms with van der Waals surface area (Å²) < 4.78 is 11.0. The van der Waals surface area contributed by atoms with Gasteiger partial charge in [-0.2, -0.15) is 0 Å². The quantitative estimate of drug-likeness (QED) is 0.704. The molecule has 0 aliphatic heterocycles. The van der Waals surface area contributed by atoms with Crippen molar-refractivity contribution in [3.63, 3.8) is 0 Å². The lowest BCUT2D eigenvalue weighted by molar-refractivity contribution is 0.691. The standard InChI is InChI=1S/C8H6ClNOS/c9-12(11)8-5-10-7-4-2-1-3-6(7)8/h1-5,10H. The Hall–Kier alpha value is -0.800. The number of nitrogens with one attached hydrogen (secondary N) is 1. The molecule has 0 radical (unpaired) electrons. The van der Waals surface area contributed by atoms with Gasteiger partial charge in [-0.05, 0) is 16.7 Å². The summed E-state index contributed by atoms with van der Waals surface area (Å²) in [5.74, 6) is 0. The highest BCUT2D eigenvalue weighted by Gasteiger charge is 2.06. The smallest absolute Gasteiger partial charge is 0.149 e. The van der Waals surface area contributed by atoms with Gasteiger partial charge in [0.05, 0.1) is 4.90 Å². The third-order valence-corrected chi connectivity index (χ3v) is 2.91. The zero-order chi connectivity index (χ0) is 8.55. The number of fused-ring (bicyclic) bond motifs is 1. The maximum atomic E-state index is 11.0. The molecule has 0 fully saturated rings. The normalized spacial score (nSPS) is 13.4. The molecule has 0 saturated heterocycles. The fourth-order valence-corrected chi connectivity index (χ4v) is 2.06. The first-order valence-corrected chi connectivity index (χ1v) is 5.41. The van der Waals surface area contributed by atoms with Gasteiger partial charge in [0.25, 0.3) is 0 Å². The third kappa shape index (κ3) is 1.15. The lowest BCUT2D eigenvalue weighted by Gasteiger charge is -1.89. The van der Waals surface area contributed by atoms with Gasteiger partial charge < -0.3 is 4.98 Å². The predicted molar refractivity (Wildman–Crippen MR) is 50.6 cm³/mol. The minimum atomic E-state index is -1.43. The van der Waals surface area contributed by atoms with Crippen LogP contribution >= 0.6 is 10.7 Å². The largest absolute Gasteiger partial charge is 0.360 e. The predicted octanol–water partition coefficient (Wildman–Crippen LogP) is 2.43. The summed E-state index contributed by atoms with van der Waals surface area (Å²) in [5.41, 5.74) is 0.960. The minimum Gasteiger partial charge on any atom is -0.360 e. The molecule has 1 aromatic heterocycles. The molecule has 4 heteroatoms. The van der Waals surface area contributed by atoms with E-state index in [4.69, 9.17) is 10.7 Å². The molecular weight excluding hydrogens is 194 g/mol. The molecule has 1 heterocycles. The Morgan fingerprint density at radius 2 is 2.08 bits per heavy atom. The summed E-state index contributed by atoms with van der Waals surface area (Å²) in [6, 6.07) is 7.62. The van der Waals surface area contributed by atoms with Crippen LogP contribution in [0.2, 0.25) is 0 Å². The monoisotopic (exact) mass is 199 g/mol. The number of benzene rings is 1. The zero-order valence-electron chi connectivity index (χ0n) is 6.08. The molecule has 0 bridgehead atoms. The second-order valence-corrected chi connectivity index (χ2v) is 4.15. The van der Waals surface area contributed by atoms with E-state index in [0.717, 1.165) is 10.9 Å². The van der Waals surface area contributed by atoms with E-state index in [1.807, 2.05) is 24.3 Å². The Labute approximate surface area is 76.5 Å². The fourth-order valence-electron chi connectivity index (χ4n) is 1.18. The fraction of sp³-hybridized carbons (Fsp3) is 0. The van der Waals surface area contributed by atoms with Crippen LogP contribution in [0.3, 0.4) is 0 Å². The Morgan fingerprint density at radius 3 is 2.83 bits per heavy atom. The Balaban J connectivity index is 2.79. The molecule has 2 nitrogen and oxygen atoms in total. The van der Waals surface area contributed by atoms with Crippen molar-refractivity contribution in [1.82, 2.24) is 4.98 Å². The molecule has 2 rings (SSSR count). The highest BCUT2D eigenvalue weighted by molar-refractivity contribution is 8.08. The van der Waals surface area contributed by atoms with E-state index in [-0.39, 0.29) is 0 Å². The zero-order valence-corrected chi connectivity index (χ0v) is 7.65. The van der Waals surface area contributed by atoms with Crippen molar-refractivity contribution in [2.45, 2.75) is 4.90 Å². The van der Waals surface area contributed by atoms with E-state index in [9.17, 15) is 4.21 Å². The highest BCUT2D eigenvalue weighted by Crippen LogP contribution is 2.22. The van der Waals surface area contributed by atoms with Gasteiger partial charge in [-0.1, -0.05) is 18.2 Å². The maximum absolute atomic E-state index is 11.0. The number of H-pyrrole nitrogens is 1. The van der Waals surface area contributed by atoms with Crippen molar-refractivity contribution in [2.24, 2.45) is 0 Å². The van der Waals surface area contributed by atoms with Gasteiger partial charge in [-0.3, -0.25) is 0 Å². The third-order valence-electron chi connectivity index (χ3n) is 1.72. The highest BCUT2D eigenvalue weighted by atomic mass is 35.7. The van der Waals surface area contributed by atoms with Gasteiger partial charge >= 0.3 is 0 Å². The van der Waals surface area contributed by atoms with E-state index in [1.54, 1.807) is 6.20 Å². The average molecular weight is 200 g/mol. The first kappa shape index (κ1) is 7.83. The summed E-state index contributed by atoms with van der Waals surface area (Å²) in [6.45, 7) is 0. The van der Waals surface area contributed by atoms with Crippen LogP contribution in [0.15, 0.2) is 35.4 Å². The number of aromatic amines is 1. The topological polar surface area (TPSA) is 32.9 Å². The maximum Gasteiger partial charge on any atom is 0.149 e. The molecule has 62 valence electrons. The van der Waals surface area contributed by atoms with Gasteiger partial charge in [0.2, 0.25) is 0 Å². The number of aromatic nitrogens is 1. The van der Waals surface area contributed by atoms with E-state index >= 15 is 0 Å². The van der Waals surface area contributed by atoms with Crippen LogP contribution in [0.5, 0.6) is 0 Å². The van der Waals surface area contributed by atoms with E-state index in [0.29, 0.717) is 4.90 Å². The Kier molecular flexibility index (Phi) is 1.90. The molecule has 1 aromatic carbocycles. The van der Waals surface area contributed by atoms with Gasteiger partial charge in [-0.25, -0.2) is 4.21 Å². The molecule has 0 aliphatic carbocycles. The van der Waals surface area contributed by atoms with Crippen molar-refractivity contribution in [3.8, 4) is 0 Å². The number of halogens is 1. The van der Waals surface area contributed by atoms with Crippen LogP contribution in [-0.4, -0.2) is 9.19 Å². The van der Waals surface area contributed by atoms with Crippen molar-refractivity contribution in [1.29, 1.82) is 0 Å². The molecule has 0 aliphatic rings. The Bertz CT molecular complexity index is 437. The molecule has 0 spiro atoms. The van der Waals surface area contributed by atoms with Crippen molar-refractivity contribution < 1.29 is 4.21 Å². The Morgan fingerprint density at radius 1 is 1.33 bits per heavy atom. The van der Waals surface area contributed by atoms with Crippen molar-refractivity contribution in [3.05, 3.63) is 30.5 Å². The van der Waals surface area contributed by atoms with Crippen LogP contribution in [0.25, 0.3) is 10.9 Å². The number of hydrogen-bond acceptors (Lipinski definition) is 1. The molecule has 1 atom stereocenters. The van der Waals surface area contributed by atoms with Gasteiger partial charge in [0.15, 0.2) is 0 Å². The lowest BCUT2D eigenvalue weighted by Crippen LogP contribution is -1.76. The van der Waals surface area contributed by atoms with Crippen LogP contribution in [-0.2, 0) is 10.0 Å². The molecule has 2 aromatic rings. The van der Waals surface area contributed by atoms with Gasteiger partial charge in [0, 0.05) is 17.1 Å². The summed E-state index contributed by atoms with van der Waals surface area (Å²) >= 11 is 0. The second-order valence-electron chi connectivity index (χ2n) is 2.42. The van der Waals surface area contributed by atoms with Gasteiger partial charge in [-0.15, -0.1) is 0 Å². The van der Waals surface area contributed by atoms with Crippen LogP contribution in [0.4, 0.5) is 0 Å². The molecule has 12 heavy (non-hydrogen) atoms. The molecule has 1 unspecified atom stereocenters. The summed E-state index contributed by atoms with van der Waals surface area (Å²) in [4.78, 5) is 3.64. The summed E-state index contributed by atoms with van der Waals surface area (Å²) in [5, 5.41) is 0.922. The molecular formula is C8H6ClNOS. The molecule has 0 amide bonds. The SMILES string of the molecule is O=S(Cl)c1c[nH]c2ccccc12. The van der Waals surface area contributed by atoms with Crippen LogP contribution in [0, 0.1) is 0 Å². The summed E-state index contributed by atoms with van der Waals surface area (Å²) in [7, 11) is 4.04. The first-order chi connectivity index (χ1) is 5.79. The minimum absolute atomic E-state index is 0.646. The lowest BCUT2D eigenvalue weighted by atomic mass is 10.2. The second kappa shape index (κ2) is 2.92. The first-order valence-electron chi connectivity index (χ1n) is 3.43. The van der Waals surface area contributed by atoms with Crippen LogP contribution < -0.4 is 0 Å². The van der Waals surface area contributed by atoms with Crippen molar-refractivity contribution in [2.75, 3.05) is 0 Å². The van der Waals surface area contributed by atoms with Crippen LogP contribution in [0.1, 0.15) is 0 Å². The van der Waals surface area contributed by atoms with E-state index in [2.05, 4.69) is 4.98 Å². The number of hydrogen-bond donors (Lipinski definition) is 1. The van der Waals surface area contributed by atoms with E-state index in [1.165, 1.54) is 0 Å². The van der Waals surface area contributed by atoms with Gasteiger partial charge in [0.1, 0.15) is 10.0 Å². The number of para-hydroxylation sites is 1. The molecule has 0 saturated carbocycles. The number of rotatable bonds is 1. The summed E-state index contributed by atoms with van der Waals surface area (Å²) in [6.07, 6.45) is 1.67. The van der Waals surface area contributed by atoms with Crippen molar-refractivity contribution >= 4 is 31.6 Å². The molecule has 1 N–H and O–H groups in total. The van der Waals surface area contributed by atoms with E-state index < -0.39 is 10.0 Å². The average Bonchev–Trinajstić information content (AvgIpc) is 2.47.